The Morgan fingerprint density at radius 2 is 2.26 bits per heavy atom. The van der Waals surface area contributed by atoms with Crippen molar-refractivity contribution in [1.29, 1.82) is 0 Å². The minimum Gasteiger partial charge on any atom is -0.391 e. The van der Waals surface area contributed by atoms with Crippen molar-refractivity contribution < 1.29 is 14.3 Å². The van der Waals surface area contributed by atoms with E-state index in [0.717, 1.165) is 6.42 Å². The molecular formula is C15H16ClFN4O2. The van der Waals surface area contributed by atoms with E-state index >= 15 is 0 Å². The van der Waals surface area contributed by atoms with Gasteiger partial charge in [0.15, 0.2) is 11.5 Å². The van der Waals surface area contributed by atoms with Gasteiger partial charge in [0.2, 0.25) is 0 Å². The van der Waals surface area contributed by atoms with E-state index in [9.17, 15) is 14.3 Å². The Bertz CT molecular complexity index is 736. The van der Waals surface area contributed by atoms with Crippen LogP contribution in [0, 0.1) is 11.7 Å². The van der Waals surface area contributed by atoms with E-state index in [2.05, 4.69) is 10.3 Å². The van der Waals surface area contributed by atoms with E-state index < -0.39 is 11.9 Å². The van der Waals surface area contributed by atoms with Crippen molar-refractivity contribution in [3.05, 3.63) is 40.9 Å². The highest BCUT2D eigenvalue weighted by Gasteiger charge is 2.29. The molecule has 2 heterocycles. The molecule has 3 rings (SSSR count). The van der Waals surface area contributed by atoms with Gasteiger partial charge in [0, 0.05) is 13.1 Å². The lowest BCUT2D eigenvalue weighted by atomic mass is 9.96. The van der Waals surface area contributed by atoms with Crippen LogP contribution in [-0.4, -0.2) is 50.1 Å². The topological polar surface area (TPSA) is 71.2 Å². The lowest BCUT2D eigenvalue weighted by Crippen LogP contribution is -2.45. The molecule has 0 unspecified atom stereocenters. The lowest BCUT2D eigenvalue weighted by molar-refractivity contribution is 0.0245. The Labute approximate surface area is 137 Å². The number of likely N-dealkylation sites (tertiary alicyclic amines) is 1. The van der Waals surface area contributed by atoms with E-state index in [4.69, 9.17) is 11.6 Å². The molecule has 0 aliphatic carbocycles. The standard InChI is InChI=1S/C15H16ClFN4O2/c1-9-5-6-20(8-13(9)22)15(23)11-7-21(19-18-11)12-4-2-3-10(16)14(12)17/h2-4,7,9,13,22H,5-6,8H2,1H3/t9-,13-/m1/s1. The summed E-state index contributed by atoms with van der Waals surface area (Å²) in [6, 6.07) is 4.52. The molecule has 2 aromatic rings. The van der Waals surface area contributed by atoms with Crippen LogP contribution in [0.3, 0.4) is 0 Å². The number of aromatic nitrogens is 3. The molecular weight excluding hydrogens is 323 g/mol. The molecule has 1 aliphatic rings. The zero-order valence-electron chi connectivity index (χ0n) is 12.5. The summed E-state index contributed by atoms with van der Waals surface area (Å²) in [5.74, 6) is -0.791. The maximum absolute atomic E-state index is 14.0. The van der Waals surface area contributed by atoms with Gasteiger partial charge < -0.3 is 10.0 Å². The van der Waals surface area contributed by atoms with Gasteiger partial charge in [-0.1, -0.05) is 29.8 Å². The molecule has 1 fully saturated rings. The summed E-state index contributed by atoms with van der Waals surface area (Å²) in [5, 5.41) is 17.5. The molecule has 0 bridgehead atoms. The van der Waals surface area contributed by atoms with Crippen molar-refractivity contribution in [3.63, 3.8) is 0 Å². The monoisotopic (exact) mass is 338 g/mol. The third kappa shape index (κ3) is 3.07. The summed E-state index contributed by atoms with van der Waals surface area (Å²) in [5.41, 5.74) is 0.225. The molecule has 2 atom stereocenters. The molecule has 1 aromatic heterocycles. The Hall–Kier alpha value is -1.99. The van der Waals surface area contributed by atoms with Gasteiger partial charge in [0.05, 0.1) is 17.3 Å². The van der Waals surface area contributed by atoms with Gasteiger partial charge in [-0.25, -0.2) is 9.07 Å². The number of nitrogens with zero attached hydrogens (tertiary/aromatic N) is 4. The van der Waals surface area contributed by atoms with Crippen LogP contribution in [0.5, 0.6) is 0 Å². The van der Waals surface area contributed by atoms with E-state index in [1.54, 1.807) is 6.07 Å². The van der Waals surface area contributed by atoms with Crippen LogP contribution in [-0.2, 0) is 0 Å². The van der Waals surface area contributed by atoms with Gasteiger partial charge in [-0.2, -0.15) is 0 Å². The summed E-state index contributed by atoms with van der Waals surface area (Å²) >= 11 is 5.75. The van der Waals surface area contributed by atoms with E-state index in [1.807, 2.05) is 6.92 Å². The molecule has 1 aliphatic heterocycles. The fraction of sp³-hybridized carbons (Fsp3) is 0.400. The number of carbonyl (C=O) groups excluding carboxylic acids is 1. The number of aliphatic hydroxyl groups excluding tert-OH is 1. The first kappa shape index (κ1) is 15.9. The summed E-state index contributed by atoms with van der Waals surface area (Å²) in [6.07, 6.45) is 1.54. The van der Waals surface area contributed by atoms with Crippen LogP contribution in [0.2, 0.25) is 5.02 Å². The van der Waals surface area contributed by atoms with Crippen molar-refractivity contribution in [3.8, 4) is 5.69 Å². The van der Waals surface area contributed by atoms with Crippen molar-refractivity contribution in [1.82, 2.24) is 19.9 Å². The highest BCUT2D eigenvalue weighted by molar-refractivity contribution is 6.30. The normalized spacial score (nSPS) is 21.5. The second-order valence-corrected chi connectivity index (χ2v) is 6.11. The quantitative estimate of drug-likeness (QED) is 0.908. The predicted molar refractivity (Wildman–Crippen MR) is 82.0 cm³/mol. The second-order valence-electron chi connectivity index (χ2n) is 5.71. The minimum absolute atomic E-state index is 0.0287. The van der Waals surface area contributed by atoms with Gasteiger partial charge in [0.1, 0.15) is 5.69 Å². The average Bonchev–Trinajstić information content (AvgIpc) is 3.01. The zero-order valence-corrected chi connectivity index (χ0v) is 13.2. The highest BCUT2D eigenvalue weighted by atomic mass is 35.5. The first-order valence-electron chi connectivity index (χ1n) is 7.31. The fourth-order valence-corrected chi connectivity index (χ4v) is 2.71. The van der Waals surface area contributed by atoms with Crippen LogP contribution < -0.4 is 0 Å². The molecule has 1 aromatic carbocycles. The molecule has 8 heteroatoms. The van der Waals surface area contributed by atoms with Gasteiger partial charge in [0.25, 0.3) is 5.91 Å². The SMILES string of the molecule is C[C@@H]1CCN(C(=O)c2cn(-c3cccc(Cl)c3F)nn2)C[C@H]1O. The molecule has 0 saturated carbocycles. The number of amides is 1. The molecule has 1 amide bonds. The van der Waals surface area contributed by atoms with Crippen LogP contribution in [0.4, 0.5) is 4.39 Å². The second kappa shape index (κ2) is 6.25. The summed E-state index contributed by atoms with van der Waals surface area (Å²) in [4.78, 5) is 14.0. The first-order valence-corrected chi connectivity index (χ1v) is 7.69. The summed E-state index contributed by atoms with van der Waals surface area (Å²) < 4.78 is 15.2. The Morgan fingerprint density at radius 1 is 1.48 bits per heavy atom. The molecule has 1 saturated heterocycles. The molecule has 0 radical (unpaired) electrons. The third-order valence-corrected chi connectivity index (χ3v) is 4.39. The van der Waals surface area contributed by atoms with Crippen LogP contribution in [0.25, 0.3) is 5.69 Å². The number of benzene rings is 1. The number of aliphatic hydroxyl groups is 1. The summed E-state index contributed by atoms with van der Waals surface area (Å²) in [7, 11) is 0. The van der Waals surface area contributed by atoms with Crippen molar-refractivity contribution in [2.75, 3.05) is 13.1 Å². The third-order valence-electron chi connectivity index (χ3n) is 4.10. The number of rotatable bonds is 2. The molecule has 6 nitrogen and oxygen atoms in total. The smallest absolute Gasteiger partial charge is 0.276 e. The number of β-amino-alcohol motifs (C(OH)–C–C–N with tert-alkyl or cyclic N) is 1. The number of piperidine rings is 1. The number of halogens is 2. The van der Waals surface area contributed by atoms with E-state index in [-0.39, 0.29) is 34.8 Å². The predicted octanol–water partition coefficient (Wildman–Crippen LogP) is 1.90. The van der Waals surface area contributed by atoms with Crippen molar-refractivity contribution in [2.24, 2.45) is 5.92 Å². The molecule has 0 spiro atoms. The number of hydrogen-bond donors (Lipinski definition) is 1. The minimum atomic E-state index is -0.625. The van der Waals surface area contributed by atoms with Gasteiger partial charge >= 0.3 is 0 Å². The maximum Gasteiger partial charge on any atom is 0.276 e. The van der Waals surface area contributed by atoms with Gasteiger partial charge in [-0.15, -0.1) is 5.10 Å². The fourth-order valence-electron chi connectivity index (χ4n) is 2.54. The first-order chi connectivity index (χ1) is 11.0. The molecule has 23 heavy (non-hydrogen) atoms. The van der Waals surface area contributed by atoms with Crippen LogP contribution in [0.15, 0.2) is 24.4 Å². The lowest BCUT2D eigenvalue weighted by Gasteiger charge is -2.33. The van der Waals surface area contributed by atoms with Gasteiger partial charge in [-0.05, 0) is 24.5 Å². The van der Waals surface area contributed by atoms with Crippen molar-refractivity contribution in [2.45, 2.75) is 19.4 Å². The largest absolute Gasteiger partial charge is 0.391 e. The Kier molecular flexibility index (Phi) is 4.32. The van der Waals surface area contributed by atoms with Crippen molar-refractivity contribution >= 4 is 17.5 Å². The van der Waals surface area contributed by atoms with Gasteiger partial charge in [-0.3, -0.25) is 4.79 Å². The van der Waals surface area contributed by atoms with Crippen LogP contribution in [0.1, 0.15) is 23.8 Å². The average molecular weight is 339 g/mol. The van der Waals surface area contributed by atoms with E-state index in [0.29, 0.717) is 6.54 Å². The molecule has 122 valence electrons. The Morgan fingerprint density at radius 3 is 3.00 bits per heavy atom. The highest BCUT2D eigenvalue weighted by Crippen LogP contribution is 2.22. The molecule has 1 N–H and O–H groups in total. The maximum atomic E-state index is 14.0. The van der Waals surface area contributed by atoms with E-state index in [1.165, 1.54) is 27.9 Å². The van der Waals surface area contributed by atoms with Crippen LogP contribution >= 0.6 is 11.6 Å². The number of hydrogen-bond acceptors (Lipinski definition) is 4. The Balaban J connectivity index is 1.82. The zero-order chi connectivity index (χ0) is 16.6. The summed E-state index contributed by atoms with van der Waals surface area (Å²) in [6.45, 7) is 2.76. The number of carbonyl (C=O) groups is 1.